The van der Waals surface area contributed by atoms with Crippen molar-refractivity contribution in [2.75, 3.05) is 18.2 Å². The van der Waals surface area contributed by atoms with E-state index in [2.05, 4.69) is 15.3 Å². The molecule has 0 aliphatic carbocycles. The highest BCUT2D eigenvalue weighted by atomic mass is 32.2. The molecule has 6 nitrogen and oxygen atoms in total. The van der Waals surface area contributed by atoms with Gasteiger partial charge in [-0.2, -0.15) is 13.2 Å². The number of alkyl halides is 3. The fourth-order valence-corrected chi connectivity index (χ4v) is 3.81. The molecule has 2 N–H and O–H groups in total. The van der Waals surface area contributed by atoms with Crippen molar-refractivity contribution in [1.82, 2.24) is 9.97 Å². The molecule has 0 amide bonds. The summed E-state index contributed by atoms with van der Waals surface area (Å²) in [6.07, 6.45) is -2.97. The summed E-state index contributed by atoms with van der Waals surface area (Å²) in [7, 11) is 0. The summed E-state index contributed by atoms with van der Waals surface area (Å²) in [6.45, 7) is 5.34. The lowest BCUT2D eigenvalue weighted by molar-refractivity contribution is -0.141. The molecule has 0 radical (unpaired) electrons. The molecule has 1 atom stereocenters. The van der Waals surface area contributed by atoms with Crippen LogP contribution in [0.3, 0.4) is 0 Å². The number of anilines is 1. The van der Waals surface area contributed by atoms with Crippen LogP contribution in [-0.2, 0) is 15.7 Å². The molecule has 1 aromatic carbocycles. The van der Waals surface area contributed by atoms with Gasteiger partial charge in [0, 0.05) is 5.70 Å². The standard InChI is InChI=1S/C21H22F3N3O3S/c1-10(2)9-30-19(29)14-11(3)25-17-16(18(28)27-20(26-17)31-4)15(14)12-7-5-6-8-13(12)21(22,23)24/h5-8,10,15H,9H2,1-4H3,(H2,25,26,27,28). The van der Waals surface area contributed by atoms with Gasteiger partial charge in [-0.15, -0.1) is 0 Å². The van der Waals surface area contributed by atoms with Crippen LogP contribution >= 0.6 is 11.8 Å². The Kier molecular flexibility index (Phi) is 6.49. The van der Waals surface area contributed by atoms with Crippen molar-refractivity contribution in [3.8, 4) is 0 Å². The van der Waals surface area contributed by atoms with Crippen LogP contribution in [0.4, 0.5) is 19.0 Å². The first-order valence-electron chi connectivity index (χ1n) is 9.53. The molecule has 1 aliphatic heterocycles. The third-order valence-electron chi connectivity index (χ3n) is 4.76. The molecule has 1 aromatic heterocycles. The number of rotatable bonds is 5. The highest BCUT2D eigenvalue weighted by Crippen LogP contribution is 2.44. The molecular weight excluding hydrogens is 431 g/mol. The lowest BCUT2D eigenvalue weighted by Crippen LogP contribution is -2.32. The first-order chi connectivity index (χ1) is 14.5. The number of esters is 1. The maximum atomic E-state index is 13.8. The number of aromatic amines is 1. The lowest BCUT2D eigenvalue weighted by Gasteiger charge is -2.30. The van der Waals surface area contributed by atoms with E-state index in [1.165, 1.54) is 30.0 Å². The summed E-state index contributed by atoms with van der Waals surface area (Å²) >= 11 is 1.19. The van der Waals surface area contributed by atoms with E-state index in [0.29, 0.717) is 5.16 Å². The van der Waals surface area contributed by atoms with Gasteiger partial charge in [-0.1, -0.05) is 43.8 Å². The molecule has 1 aliphatic rings. The fraction of sp³-hybridized carbons (Fsp3) is 0.381. The number of carbonyl (C=O) groups is 1. The highest BCUT2D eigenvalue weighted by molar-refractivity contribution is 7.98. The number of hydrogen-bond acceptors (Lipinski definition) is 6. The van der Waals surface area contributed by atoms with Gasteiger partial charge in [0.25, 0.3) is 5.56 Å². The maximum Gasteiger partial charge on any atom is 0.416 e. The van der Waals surface area contributed by atoms with Crippen molar-refractivity contribution in [3.63, 3.8) is 0 Å². The summed E-state index contributed by atoms with van der Waals surface area (Å²) < 4.78 is 46.8. The van der Waals surface area contributed by atoms with Gasteiger partial charge in [-0.05, 0) is 30.7 Å². The van der Waals surface area contributed by atoms with Crippen molar-refractivity contribution in [3.05, 3.63) is 62.6 Å². The molecule has 0 saturated carbocycles. The zero-order chi connectivity index (χ0) is 22.9. The van der Waals surface area contributed by atoms with Gasteiger partial charge < -0.3 is 15.0 Å². The van der Waals surface area contributed by atoms with E-state index in [4.69, 9.17) is 4.74 Å². The van der Waals surface area contributed by atoms with Crippen molar-refractivity contribution < 1.29 is 22.7 Å². The minimum atomic E-state index is -4.68. The Morgan fingerprint density at radius 1 is 1.29 bits per heavy atom. The lowest BCUT2D eigenvalue weighted by atomic mass is 9.80. The molecule has 1 unspecified atom stereocenters. The Morgan fingerprint density at radius 3 is 2.58 bits per heavy atom. The van der Waals surface area contributed by atoms with Gasteiger partial charge in [-0.3, -0.25) is 4.79 Å². The van der Waals surface area contributed by atoms with Crippen LogP contribution in [-0.4, -0.2) is 28.8 Å². The van der Waals surface area contributed by atoms with E-state index in [-0.39, 0.29) is 40.7 Å². The summed E-state index contributed by atoms with van der Waals surface area (Å²) in [5.74, 6) is -1.92. The number of benzene rings is 1. The largest absolute Gasteiger partial charge is 0.462 e. The van der Waals surface area contributed by atoms with Gasteiger partial charge in [0.15, 0.2) is 5.16 Å². The number of thioether (sulfide) groups is 1. The quantitative estimate of drug-likeness (QED) is 0.393. The number of allylic oxidation sites excluding steroid dienone is 1. The van der Waals surface area contributed by atoms with E-state index >= 15 is 0 Å². The molecule has 31 heavy (non-hydrogen) atoms. The Hall–Kier alpha value is -2.75. The van der Waals surface area contributed by atoms with E-state index in [1.54, 1.807) is 13.2 Å². The van der Waals surface area contributed by atoms with Crippen LogP contribution in [0, 0.1) is 5.92 Å². The van der Waals surface area contributed by atoms with Crippen LogP contribution in [0.1, 0.15) is 43.4 Å². The highest BCUT2D eigenvalue weighted by Gasteiger charge is 2.42. The van der Waals surface area contributed by atoms with Gasteiger partial charge >= 0.3 is 12.1 Å². The molecule has 0 saturated heterocycles. The number of H-pyrrole nitrogens is 1. The minimum absolute atomic E-state index is 0.0313. The molecule has 166 valence electrons. The first-order valence-corrected chi connectivity index (χ1v) is 10.8. The van der Waals surface area contributed by atoms with Crippen molar-refractivity contribution >= 4 is 23.5 Å². The third kappa shape index (κ3) is 4.63. The second-order valence-electron chi connectivity index (χ2n) is 7.51. The molecule has 10 heteroatoms. The zero-order valence-electron chi connectivity index (χ0n) is 17.4. The van der Waals surface area contributed by atoms with Crippen LogP contribution in [0.15, 0.2) is 45.5 Å². The summed E-state index contributed by atoms with van der Waals surface area (Å²) in [5.41, 5.74) is -1.58. The Morgan fingerprint density at radius 2 is 1.97 bits per heavy atom. The average Bonchev–Trinajstić information content (AvgIpc) is 2.70. The van der Waals surface area contributed by atoms with E-state index in [9.17, 15) is 22.8 Å². The number of halogens is 3. The van der Waals surface area contributed by atoms with Gasteiger partial charge in [0.1, 0.15) is 5.82 Å². The van der Waals surface area contributed by atoms with Crippen molar-refractivity contribution in [2.24, 2.45) is 5.92 Å². The number of fused-ring (bicyclic) bond motifs is 1. The summed E-state index contributed by atoms with van der Waals surface area (Å²) in [4.78, 5) is 32.8. The first kappa shape index (κ1) is 22.9. The Bertz CT molecular complexity index is 1090. The topological polar surface area (TPSA) is 84.1 Å². The molecule has 0 fully saturated rings. The number of nitrogens with one attached hydrogen (secondary N) is 2. The number of nitrogens with zero attached hydrogens (tertiary/aromatic N) is 1. The van der Waals surface area contributed by atoms with Crippen molar-refractivity contribution in [2.45, 2.75) is 38.0 Å². The SMILES string of the molecule is CSc1nc2c(c(=O)[nH]1)C(c1ccccc1C(F)(F)F)C(C(=O)OCC(C)C)=C(C)N2. The molecular formula is C21H22F3N3O3S. The van der Waals surface area contributed by atoms with Crippen LogP contribution < -0.4 is 10.9 Å². The Balaban J connectivity index is 2.28. The number of hydrogen-bond donors (Lipinski definition) is 2. The predicted molar refractivity (Wildman–Crippen MR) is 112 cm³/mol. The molecule has 2 aromatic rings. The molecule has 3 rings (SSSR count). The van der Waals surface area contributed by atoms with Crippen molar-refractivity contribution in [1.29, 1.82) is 0 Å². The monoisotopic (exact) mass is 453 g/mol. The molecule has 0 bridgehead atoms. The van der Waals surface area contributed by atoms with Gasteiger partial charge in [0.05, 0.1) is 29.2 Å². The van der Waals surface area contributed by atoms with Gasteiger partial charge in [0.2, 0.25) is 0 Å². The second-order valence-corrected chi connectivity index (χ2v) is 8.31. The number of carbonyl (C=O) groups excluding carboxylic acids is 1. The summed E-state index contributed by atoms with van der Waals surface area (Å²) in [5, 5.41) is 3.21. The fourth-order valence-electron chi connectivity index (χ4n) is 3.44. The smallest absolute Gasteiger partial charge is 0.416 e. The van der Waals surface area contributed by atoms with E-state index < -0.39 is 29.2 Å². The third-order valence-corrected chi connectivity index (χ3v) is 5.34. The minimum Gasteiger partial charge on any atom is -0.462 e. The number of ether oxygens (including phenoxy) is 1. The predicted octanol–water partition coefficient (Wildman–Crippen LogP) is 4.54. The summed E-state index contributed by atoms with van der Waals surface area (Å²) in [6, 6.07) is 4.91. The molecule has 2 heterocycles. The normalized spacial score (nSPS) is 16.2. The van der Waals surface area contributed by atoms with Crippen LogP contribution in [0.25, 0.3) is 0 Å². The maximum absolute atomic E-state index is 13.8. The van der Waals surface area contributed by atoms with Crippen LogP contribution in [0.2, 0.25) is 0 Å². The van der Waals surface area contributed by atoms with E-state index in [1.807, 2.05) is 13.8 Å². The zero-order valence-corrected chi connectivity index (χ0v) is 18.2. The Labute approximate surface area is 181 Å². The number of aromatic nitrogens is 2. The second kappa shape index (κ2) is 8.78. The van der Waals surface area contributed by atoms with Crippen LogP contribution in [0.5, 0.6) is 0 Å². The van der Waals surface area contributed by atoms with E-state index in [0.717, 1.165) is 6.07 Å². The molecule has 0 spiro atoms. The average molecular weight is 453 g/mol. The van der Waals surface area contributed by atoms with Gasteiger partial charge in [-0.25, -0.2) is 9.78 Å².